The Bertz CT molecular complexity index is 1330. The molecule has 0 aliphatic rings. The van der Waals surface area contributed by atoms with Gasteiger partial charge in [0.15, 0.2) is 5.82 Å². The van der Waals surface area contributed by atoms with Crippen molar-refractivity contribution in [2.24, 2.45) is 0 Å². The topological polar surface area (TPSA) is 135 Å². The van der Waals surface area contributed by atoms with Crippen molar-refractivity contribution in [1.82, 2.24) is 15.2 Å². The van der Waals surface area contributed by atoms with Crippen LogP contribution in [0.5, 0.6) is 0 Å². The Kier molecular flexibility index (Phi) is 6.06. The van der Waals surface area contributed by atoms with E-state index in [0.717, 1.165) is 17.3 Å². The van der Waals surface area contributed by atoms with E-state index in [9.17, 15) is 20.0 Å². The number of aliphatic carboxylic acids is 1. The molecule has 0 spiro atoms. The molecule has 11 heteroatoms. The van der Waals surface area contributed by atoms with E-state index in [1.165, 1.54) is 18.2 Å². The van der Waals surface area contributed by atoms with Crippen molar-refractivity contribution < 1.29 is 19.2 Å². The lowest BCUT2D eigenvalue weighted by Gasteiger charge is -1.99. The van der Waals surface area contributed by atoms with Crippen LogP contribution in [0.4, 0.5) is 5.69 Å². The Morgan fingerprint density at radius 2 is 1.91 bits per heavy atom. The van der Waals surface area contributed by atoms with Crippen LogP contribution in [0.1, 0.15) is 5.76 Å². The fourth-order valence-corrected chi connectivity index (χ4v) is 3.62. The van der Waals surface area contributed by atoms with E-state index in [2.05, 4.69) is 15.2 Å². The number of benzene rings is 2. The molecule has 0 aliphatic carbocycles. The van der Waals surface area contributed by atoms with Crippen molar-refractivity contribution in [3.63, 3.8) is 0 Å². The Morgan fingerprint density at radius 1 is 1.16 bits per heavy atom. The molecule has 0 aliphatic heterocycles. The monoisotopic (exact) mass is 468 g/mol. The molecule has 0 unspecified atom stereocenters. The summed E-state index contributed by atoms with van der Waals surface area (Å²) in [6.07, 6.45) is 1.31. The van der Waals surface area contributed by atoms with Crippen molar-refractivity contribution in [1.29, 1.82) is 0 Å². The SMILES string of the molecule is O=C(O)/C(=C/c1ccc(-c2ccccc2[N+](=O)[O-])o1)Sc1n[nH]c(-c2ccc(Cl)cc2)n1. The van der Waals surface area contributed by atoms with Gasteiger partial charge in [-0.1, -0.05) is 23.7 Å². The van der Waals surface area contributed by atoms with Crippen molar-refractivity contribution in [3.05, 3.63) is 86.5 Å². The normalized spacial score (nSPS) is 11.5. The van der Waals surface area contributed by atoms with Crippen LogP contribution in [0.3, 0.4) is 0 Å². The van der Waals surface area contributed by atoms with Gasteiger partial charge in [-0.3, -0.25) is 15.2 Å². The average molecular weight is 469 g/mol. The molecule has 32 heavy (non-hydrogen) atoms. The summed E-state index contributed by atoms with van der Waals surface area (Å²) in [7, 11) is 0. The number of H-pyrrole nitrogens is 1. The van der Waals surface area contributed by atoms with E-state index in [0.29, 0.717) is 16.4 Å². The molecule has 0 bridgehead atoms. The van der Waals surface area contributed by atoms with Crippen LogP contribution in [-0.4, -0.2) is 31.2 Å². The van der Waals surface area contributed by atoms with Gasteiger partial charge in [0.2, 0.25) is 5.16 Å². The molecule has 0 atom stereocenters. The summed E-state index contributed by atoms with van der Waals surface area (Å²) < 4.78 is 5.65. The highest BCUT2D eigenvalue weighted by Crippen LogP contribution is 2.33. The number of nitrogens with zero attached hydrogens (tertiary/aromatic N) is 3. The van der Waals surface area contributed by atoms with Crippen molar-refractivity contribution >= 4 is 41.1 Å². The van der Waals surface area contributed by atoms with E-state index in [4.69, 9.17) is 16.0 Å². The third-order valence-corrected chi connectivity index (χ3v) is 5.39. The molecule has 160 valence electrons. The zero-order chi connectivity index (χ0) is 22.7. The zero-order valence-corrected chi connectivity index (χ0v) is 17.6. The largest absolute Gasteiger partial charge is 0.477 e. The maximum absolute atomic E-state index is 11.7. The summed E-state index contributed by atoms with van der Waals surface area (Å²) in [6, 6.07) is 16.2. The van der Waals surface area contributed by atoms with E-state index in [1.54, 1.807) is 48.5 Å². The molecule has 0 saturated heterocycles. The number of thioether (sulfide) groups is 1. The van der Waals surface area contributed by atoms with E-state index >= 15 is 0 Å². The number of nitrogens with one attached hydrogen (secondary N) is 1. The van der Waals surface area contributed by atoms with Gasteiger partial charge in [0.25, 0.3) is 5.69 Å². The fourth-order valence-electron chi connectivity index (χ4n) is 2.81. The first-order chi connectivity index (χ1) is 15.4. The van der Waals surface area contributed by atoms with Crippen LogP contribution >= 0.6 is 23.4 Å². The third-order valence-electron chi connectivity index (χ3n) is 4.26. The number of aromatic nitrogens is 3. The lowest BCUT2D eigenvalue weighted by Crippen LogP contribution is -1.97. The number of aromatic amines is 1. The minimum atomic E-state index is -1.20. The number of hydrogen-bond donors (Lipinski definition) is 2. The Morgan fingerprint density at radius 3 is 2.62 bits per heavy atom. The molecule has 0 radical (unpaired) electrons. The van der Waals surface area contributed by atoms with E-state index in [1.807, 2.05) is 0 Å². The number of nitro groups is 1. The predicted octanol–water partition coefficient (Wildman–Crippen LogP) is 5.51. The first kappa shape index (κ1) is 21.3. The Hall–Kier alpha value is -3.89. The highest BCUT2D eigenvalue weighted by atomic mass is 35.5. The molecule has 4 rings (SSSR count). The fraction of sp³-hybridized carbons (Fsp3) is 0. The van der Waals surface area contributed by atoms with Crippen LogP contribution in [0.25, 0.3) is 28.8 Å². The number of carboxylic acids is 1. The molecule has 2 aromatic heterocycles. The number of rotatable bonds is 7. The smallest absolute Gasteiger partial charge is 0.342 e. The highest BCUT2D eigenvalue weighted by molar-refractivity contribution is 8.04. The van der Waals surface area contributed by atoms with Gasteiger partial charge in [-0.15, -0.1) is 5.10 Å². The molecule has 2 aromatic carbocycles. The van der Waals surface area contributed by atoms with Crippen molar-refractivity contribution in [3.8, 4) is 22.7 Å². The summed E-state index contributed by atoms with van der Waals surface area (Å²) in [5.41, 5.74) is 0.929. The minimum absolute atomic E-state index is 0.0879. The van der Waals surface area contributed by atoms with Crippen molar-refractivity contribution in [2.45, 2.75) is 5.16 Å². The standard InChI is InChI=1S/C21H13ClN4O5S/c22-13-7-5-12(6-8-13)19-23-21(25-24-19)32-18(20(27)28)11-14-9-10-17(31-14)15-3-1-2-4-16(15)26(29)30/h1-11H,(H,27,28)(H,23,24,25)/b18-11-. The predicted molar refractivity (Wildman–Crippen MR) is 119 cm³/mol. The van der Waals surface area contributed by atoms with Crippen LogP contribution in [0.2, 0.25) is 5.02 Å². The summed E-state index contributed by atoms with van der Waals surface area (Å²) >= 11 is 6.72. The van der Waals surface area contributed by atoms with Crippen LogP contribution in [0.15, 0.2) is 75.1 Å². The molecule has 0 amide bonds. The van der Waals surface area contributed by atoms with Gasteiger partial charge in [0.1, 0.15) is 16.4 Å². The van der Waals surface area contributed by atoms with Gasteiger partial charge in [-0.2, -0.15) is 0 Å². The van der Waals surface area contributed by atoms with Crippen LogP contribution in [0, 0.1) is 10.1 Å². The Balaban J connectivity index is 1.58. The maximum atomic E-state index is 11.7. The second kappa shape index (κ2) is 9.08. The number of furan rings is 1. The number of para-hydroxylation sites is 1. The maximum Gasteiger partial charge on any atom is 0.342 e. The lowest BCUT2D eigenvalue weighted by molar-refractivity contribution is -0.384. The quantitative estimate of drug-likeness (QED) is 0.157. The first-order valence-corrected chi connectivity index (χ1v) is 10.2. The molecular weight excluding hydrogens is 456 g/mol. The highest BCUT2D eigenvalue weighted by Gasteiger charge is 2.19. The average Bonchev–Trinajstić information content (AvgIpc) is 3.43. The summed E-state index contributed by atoms with van der Waals surface area (Å²) in [6.45, 7) is 0. The van der Waals surface area contributed by atoms with Gasteiger partial charge in [-0.05, 0) is 54.2 Å². The second-order valence-corrected chi connectivity index (χ2v) is 7.81. The van der Waals surface area contributed by atoms with Gasteiger partial charge in [0, 0.05) is 22.7 Å². The van der Waals surface area contributed by atoms with Crippen LogP contribution in [-0.2, 0) is 4.79 Å². The van der Waals surface area contributed by atoms with Gasteiger partial charge in [0.05, 0.1) is 10.5 Å². The molecule has 9 nitrogen and oxygen atoms in total. The number of hydrogen-bond acceptors (Lipinski definition) is 7. The second-order valence-electron chi connectivity index (χ2n) is 6.37. The van der Waals surface area contributed by atoms with Gasteiger partial charge >= 0.3 is 5.97 Å². The minimum Gasteiger partial charge on any atom is -0.477 e. The van der Waals surface area contributed by atoms with Gasteiger partial charge in [-0.25, -0.2) is 9.78 Å². The van der Waals surface area contributed by atoms with Crippen molar-refractivity contribution in [2.75, 3.05) is 0 Å². The summed E-state index contributed by atoms with van der Waals surface area (Å²) in [5, 5.41) is 28.4. The molecule has 2 heterocycles. The Labute approximate surface area is 189 Å². The summed E-state index contributed by atoms with van der Waals surface area (Å²) in [4.78, 5) is 26.7. The molecule has 4 aromatic rings. The number of carboxylic acid groups (broad SMARTS) is 1. The van der Waals surface area contributed by atoms with E-state index in [-0.39, 0.29) is 27.3 Å². The van der Waals surface area contributed by atoms with E-state index < -0.39 is 10.9 Å². The zero-order valence-electron chi connectivity index (χ0n) is 16.1. The number of carbonyl (C=O) groups is 1. The molecule has 0 saturated carbocycles. The first-order valence-electron chi connectivity index (χ1n) is 9.05. The number of nitro benzene ring substituents is 1. The molecule has 2 N–H and O–H groups in total. The molecular formula is C21H13ClN4O5S. The third kappa shape index (κ3) is 4.71. The summed E-state index contributed by atoms with van der Waals surface area (Å²) in [5.74, 6) is -0.264. The molecule has 0 fully saturated rings. The van der Waals surface area contributed by atoms with Crippen LogP contribution < -0.4 is 0 Å². The van der Waals surface area contributed by atoms with Gasteiger partial charge < -0.3 is 9.52 Å². The lowest BCUT2D eigenvalue weighted by atomic mass is 10.1. The number of halogens is 1.